The van der Waals surface area contributed by atoms with E-state index in [1.165, 1.54) is 0 Å². The fraction of sp³-hybridized carbons (Fsp3) is 0.556. The average Bonchev–Trinajstić information content (AvgIpc) is 2.54. The molecule has 0 bridgehead atoms. The standard InChI is InChI=1S/C18H30N4O2.HI/c1-18(2,3)16(23)20-11-12-21-17(19-4)22(5)13-14-9-7-8-10-15(14)24-6;/h7-10H,11-13H2,1-6H3,(H,19,21)(H,20,23);1H. The highest BCUT2D eigenvalue weighted by atomic mass is 127. The van der Waals surface area contributed by atoms with Gasteiger partial charge in [0.1, 0.15) is 5.75 Å². The summed E-state index contributed by atoms with van der Waals surface area (Å²) < 4.78 is 5.38. The molecule has 0 unspecified atom stereocenters. The smallest absolute Gasteiger partial charge is 0.225 e. The van der Waals surface area contributed by atoms with E-state index in [2.05, 4.69) is 15.6 Å². The number of guanidine groups is 1. The Kier molecular flexibility index (Phi) is 10.5. The summed E-state index contributed by atoms with van der Waals surface area (Å²) in [5.41, 5.74) is 0.717. The zero-order valence-corrected chi connectivity index (χ0v) is 18.4. The van der Waals surface area contributed by atoms with Crippen LogP contribution in [0.1, 0.15) is 26.3 Å². The lowest BCUT2D eigenvalue weighted by atomic mass is 9.96. The maximum atomic E-state index is 11.8. The Hall–Kier alpha value is -1.51. The summed E-state index contributed by atoms with van der Waals surface area (Å²) in [6.07, 6.45) is 0. The SMILES string of the molecule is CN=C(NCCNC(=O)C(C)(C)C)N(C)Cc1ccccc1OC.I. The van der Waals surface area contributed by atoms with E-state index >= 15 is 0 Å². The number of nitrogens with one attached hydrogen (secondary N) is 2. The molecule has 1 amide bonds. The molecule has 0 atom stereocenters. The molecule has 1 rings (SSSR count). The predicted octanol–water partition coefficient (Wildman–Crippen LogP) is 2.48. The number of aliphatic imine (C=N–C) groups is 1. The second kappa shape index (κ2) is 11.2. The third-order valence-corrected chi connectivity index (χ3v) is 3.55. The molecule has 0 fully saturated rings. The molecule has 0 aliphatic carbocycles. The van der Waals surface area contributed by atoms with E-state index in [1.54, 1.807) is 14.2 Å². The third-order valence-electron chi connectivity index (χ3n) is 3.55. The van der Waals surface area contributed by atoms with E-state index < -0.39 is 0 Å². The van der Waals surface area contributed by atoms with Crippen LogP contribution in [0.25, 0.3) is 0 Å². The number of para-hydroxylation sites is 1. The summed E-state index contributed by atoms with van der Waals surface area (Å²) in [6.45, 7) is 7.54. The molecule has 0 heterocycles. The first-order valence-electron chi connectivity index (χ1n) is 8.11. The van der Waals surface area contributed by atoms with Crippen molar-refractivity contribution < 1.29 is 9.53 Å². The molecule has 0 aromatic heterocycles. The minimum atomic E-state index is -0.373. The largest absolute Gasteiger partial charge is 0.496 e. The molecule has 0 spiro atoms. The van der Waals surface area contributed by atoms with Crippen LogP contribution in [0.5, 0.6) is 5.75 Å². The summed E-state index contributed by atoms with van der Waals surface area (Å²) in [5.74, 6) is 1.67. The molecule has 1 aromatic carbocycles. The number of benzene rings is 1. The molecule has 0 aliphatic heterocycles. The number of carbonyl (C=O) groups excluding carboxylic acids is 1. The van der Waals surface area contributed by atoms with Gasteiger partial charge < -0.3 is 20.3 Å². The number of methoxy groups -OCH3 is 1. The Bertz CT molecular complexity index is 570. The summed E-state index contributed by atoms with van der Waals surface area (Å²) in [4.78, 5) is 18.1. The van der Waals surface area contributed by atoms with Crippen molar-refractivity contribution in [2.45, 2.75) is 27.3 Å². The normalized spacial score (nSPS) is 11.4. The van der Waals surface area contributed by atoms with Crippen molar-refractivity contribution in [3.05, 3.63) is 29.8 Å². The second-order valence-electron chi connectivity index (χ2n) is 6.65. The minimum Gasteiger partial charge on any atom is -0.496 e. The van der Waals surface area contributed by atoms with E-state index in [4.69, 9.17) is 4.74 Å². The lowest BCUT2D eigenvalue weighted by Gasteiger charge is -2.23. The predicted molar refractivity (Wildman–Crippen MR) is 114 cm³/mol. The minimum absolute atomic E-state index is 0. The topological polar surface area (TPSA) is 66.0 Å². The van der Waals surface area contributed by atoms with Gasteiger partial charge in [-0.1, -0.05) is 39.0 Å². The highest BCUT2D eigenvalue weighted by Crippen LogP contribution is 2.18. The summed E-state index contributed by atoms with van der Waals surface area (Å²) >= 11 is 0. The monoisotopic (exact) mass is 462 g/mol. The van der Waals surface area contributed by atoms with Gasteiger partial charge in [0.05, 0.1) is 7.11 Å². The van der Waals surface area contributed by atoms with Gasteiger partial charge in [-0.25, -0.2) is 0 Å². The van der Waals surface area contributed by atoms with Gasteiger partial charge in [-0.2, -0.15) is 0 Å². The Morgan fingerprint density at radius 2 is 1.80 bits per heavy atom. The van der Waals surface area contributed by atoms with Crippen molar-refractivity contribution in [2.75, 3.05) is 34.3 Å². The van der Waals surface area contributed by atoms with Gasteiger partial charge in [0.2, 0.25) is 5.91 Å². The van der Waals surface area contributed by atoms with Gasteiger partial charge in [0.25, 0.3) is 0 Å². The first-order chi connectivity index (χ1) is 11.3. The molecule has 6 nitrogen and oxygen atoms in total. The van der Waals surface area contributed by atoms with Gasteiger partial charge >= 0.3 is 0 Å². The first kappa shape index (κ1) is 23.5. The molecular weight excluding hydrogens is 431 g/mol. The van der Waals surface area contributed by atoms with Crippen molar-refractivity contribution >= 4 is 35.8 Å². The molecule has 1 aromatic rings. The number of hydrogen-bond acceptors (Lipinski definition) is 3. The summed E-state index contributed by atoms with van der Waals surface area (Å²) in [7, 11) is 5.38. The van der Waals surface area contributed by atoms with Crippen LogP contribution in [-0.2, 0) is 11.3 Å². The Balaban J connectivity index is 0.00000576. The summed E-state index contributed by atoms with van der Waals surface area (Å²) in [6, 6.07) is 7.92. The van der Waals surface area contributed by atoms with Crippen LogP contribution in [0, 0.1) is 5.41 Å². The number of nitrogens with zero attached hydrogens (tertiary/aromatic N) is 2. The van der Waals surface area contributed by atoms with E-state index in [0.29, 0.717) is 19.6 Å². The molecule has 2 N–H and O–H groups in total. The quantitative estimate of drug-likeness (QED) is 0.295. The molecular formula is C18H31IN4O2. The Labute approximate surface area is 168 Å². The number of amides is 1. The van der Waals surface area contributed by atoms with Crippen molar-refractivity contribution in [3.63, 3.8) is 0 Å². The van der Waals surface area contributed by atoms with Crippen molar-refractivity contribution in [3.8, 4) is 5.75 Å². The van der Waals surface area contributed by atoms with Gasteiger partial charge in [0.15, 0.2) is 5.96 Å². The van der Waals surface area contributed by atoms with Crippen molar-refractivity contribution in [1.82, 2.24) is 15.5 Å². The zero-order valence-electron chi connectivity index (χ0n) is 16.0. The molecule has 7 heteroatoms. The van der Waals surface area contributed by atoms with E-state index in [1.807, 2.05) is 57.0 Å². The lowest BCUT2D eigenvalue weighted by Crippen LogP contribution is -2.43. The van der Waals surface area contributed by atoms with Gasteiger partial charge in [-0.3, -0.25) is 9.79 Å². The average molecular weight is 462 g/mol. The Morgan fingerprint density at radius 1 is 1.20 bits per heavy atom. The number of rotatable bonds is 6. The Morgan fingerprint density at radius 3 is 2.36 bits per heavy atom. The van der Waals surface area contributed by atoms with Crippen molar-refractivity contribution in [2.24, 2.45) is 10.4 Å². The molecule has 25 heavy (non-hydrogen) atoms. The number of hydrogen-bond donors (Lipinski definition) is 2. The lowest BCUT2D eigenvalue weighted by molar-refractivity contribution is -0.128. The maximum Gasteiger partial charge on any atom is 0.225 e. The van der Waals surface area contributed by atoms with Crippen LogP contribution in [0.15, 0.2) is 29.3 Å². The van der Waals surface area contributed by atoms with E-state index in [0.717, 1.165) is 17.3 Å². The highest BCUT2D eigenvalue weighted by Gasteiger charge is 2.20. The van der Waals surface area contributed by atoms with Crippen LogP contribution >= 0.6 is 24.0 Å². The van der Waals surface area contributed by atoms with Crippen LogP contribution in [0.3, 0.4) is 0 Å². The van der Waals surface area contributed by atoms with Gasteiger partial charge in [0, 0.05) is 44.7 Å². The summed E-state index contributed by atoms with van der Waals surface area (Å²) in [5, 5.41) is 6.17. The fourth-order valence-corrected chi connectivity index (χ4v) is 2.16. The van der Waals surface area contributed by atoms with Crippen molar-refractivity contribution in [1.29, 1.82) is 0 Å². The molecule has 0 radical (unpaired) electrons. The number of carbonyl (C=O) groups is 1. The second-order valence-corrected chi connectivity index (χ2v) is 6.65. The maximum absolute atomic E-state index is 11.8. The molecule has 142 valence electrons. The highest BCUT2D eigenvalue weighted by molar-refractivity contribution is 14.0. The number of ether oxygens (including phenoxy) is 1. The molecule has 0 saturated heterocycles. The molecule has 0 aliphatic rings. The fourth-order valence-electron chi connectivity index (χ4n) is 2.16. The van der Waals surface area contributed by atoms with Crippen LogP contribution in [-0.4, -0.2) is 51.1 Å². The first-order valence-corrected chi connectivity index (χ1v) is 8.11. The van der Waals surface area contributed by atoms with Crippen LogP contribution < -0.4 is 15.4 Å². The van der Waals surface area contributed by atoms with Gasteiger partial charge in [-0.05, 0) is 6.07 Å². The van der Waals surface area contributed by atoms with Crippen LogP contribution in [0.4, 0.5) is 0 Å². The number of halogens is 1. The van der Waals surface area contributed by atoms with Crippen LogP contribution in [0.2, 0.25) is 0 Å². The third kappa shape index (κ3) is 7.94. The van der Waals surface area contributed by atoms with E-state index in [9.17, 15) is 4.79 Å². The van der Waals surface area contributed by atoms with Gasteiger partial charge in [-0.15, -0.1) is 24.0 Å². The zero-order chi connectivity index (χ0) is 18.2. The van der Waals surface area contributed by atoms with E-state index in [-0.39, 0.29) is 35.3 Å². The molecule has 0 saturated carbocycles.